The summed E-state index contributed by atoms with van der Waals surface area (Å²) in [5, 5.41) is 0. The van der Waals surface area contributed by atoms with Gasteiger partial charge in [0.1, 0.15) is 11.5 Å². The molecule has 2 aliphatic heterocycles. The van der Waals surface area contributed by atoms with Gasteiger partial charge >= 0.3 is 0 Å². The monoisotopic (exact) mass is 524 g/mol. The first-order valence-electron chi connectivity index (χ1n) is 13.9. The van der Waals surface area contributed by atoms with E-state index in [0.717, 1.165) is 37.7 Å². The first-order valence-corrected chi connectivity index (χ1v) is 13.9. The van der Waals surface area contributed by atoms with E-state index in [1.54, 1.807) is 0 Å². The minimum Gasteiger partial charge on any atom is -0.471 e. The average Bonchev–Trinajstić information content (AvgIpc) is 3.01. The fraction of sp³-hybridized carbons (Fsp3) is 0.167. The molecule has 0 spiro atoms. The van der Waals surface area contributed by atoms with Gasteiger partial charge in [-0.1, -0.05) is 121 Å². The maximum atomic E-state index is 6.55. The smallest absolute Gasteiger partial charge is 0.179 e. The van der Waals surface area contributed by atoms with E-state index in [2.05, 4.69) is 131 Å². The van der Waals surface area contributed by atoms with Gasteiger partial charge in [-0.25, -0.2) is 0 Å². The van der Waals surface area contributed by atoms with Crippen molar-refractivity contribution >= 4 is 0 Å². The van der Waals surface area contributed by atoms with E-state index in [9.17, 15) is 0 Å². The van der Waals surface area contributed by atoms with Gasteiger partial charge in [-0.05, 0) is 23.3 Å². The Labute approximate surface area is 236 Å². The molecule has 5 aromatic rings. The Balaban J connectivity index is 1.15. The van der Waals surface area contributed by atoms with E-state index in [0.29, 0.717) is 0 Å². The molecule has 0 N–H and O–H groups in total. The molecule has 7 rings (SSSR count). The second-order valence-corrected chi connectivity index (χ2v) is 10.6. The summed E-state index contributed by atoms with van der Waals surface area (Å²) in [6, 6.07) is 46.8. The molecule has 2 aliphatic rings. The molecule has 0 bridgehead atoms. The highest BCUT2D eigenvalue weighted by molar-refractivity contribution is 5.38. The third-order valence-corrected chi connectivity index (χ3v) is 7.76. The van der Waals surface area contributed by atoms with Gasteiger partial charge in [0.05, 0.1) is 0 Å². The number of hydrogen-bond acceptors (Lipinski definition) is 4. The third kappa shape index (κ3) is 5.12. The Bertz CT molecular complexity index is 1470. The van der Waals surface area contributed by atoms with Gasteiger partial charge in [-0.3, -0.25) is 9.80 Å². The minimum atomic E-state index is -0.130. The molecule has 0 amide bonds. The van der Waals surface area contributed by atoms with Crippen LogP contribution in [0.25, 0.3) is 0 Å². The van der Waals surface area contributed by atoms with Gasteiger partial charge in [0.15, 0.2) is 12.5 Å². The Morgan fingerprint density at radius 2 is 0.900 bits per heavy atom. The van der Waals surface area contributed by atoms with E-state index in [1.807, 2.05) is 12.1 Å². The summed E-state index contributed by atoms with van der Waals surface area (Å²) in [4.78, 5) is 4.84. The van der Waals surface area contributed by atoms with Crippen LogP contribution in [0.15, 0.2) is 133 Å². The van der Waals surface area contributed by atoms with Crippen molar-refractivity contribution in [2.24, 2.45) is 0 Å². The van der Waals surface area contributed by atoms with Crippen LogP contribution in [0, 0.1) is 0 Å². The predicted molar refractivity (Wildman–Crippen MR) is 157 cm³/mol. The molecule has 0 saturated carbocycles. The predicted octanol–water partition coefficient (Wildman–Crippen LogP) is 7.87. The molecule has 0 fully saturated rings. The fourth-order valence-electron chi connectivity index (χ4n) is 5.86. The molecule has 4 heteroatoms. The molecular formula is C36H32N2O2. The number of benzene rings is 5. The van der Waals surface area contributed by atoms with Gasteiger partial charge in [-0.15, -0.1) is 0 Å². The second-order valence-electron chi connectivity index (χ2n) is 10.6. The van der Waals surface area contributed by atoms with Gasteiger partial charge in [0.25, 0.3) is 0 Å². The van der Waals surface area contributed by atoms with E-state index in [-0.39, 0.29) is 12.5 Å². The zero-order valence-corrected chi connectivity index (χ0v) is 22.4. The van der Waals surface area contributed by atoms with Crippen molar-refractivity contribution in [3.05, 3.63) is 167 Å². The largest absolute Gasteiger partial charge is 0.471 e. The summed E-state index contributed by atoms with van der Waals surface area (Å²) in [5.41, 5.74) is 7.33. The lowest BCUT2D eigenvalue weighted by Gasteiger charge is -2.38. The van der Waals surface area contributed by atoms with Crippen LogP contribution in [0.1, 0.15) is 45.8 Å². The summed E-state index contributed by atoms with van der Waals surface area (Å²) in [6.07, 6.45) is -0.261. The first-order chi connectivity index (χ1) is 19.8. The van der Waals surface area contributed by atoms with Crippen LogP contribution in [-0.4, -0.2) is 9.80 Å². The first kappa shape index (κ1) is 24.6. The summed E-state index contributed by atoms with van der Waals surface area (Å²) in [6.45, 7) is 3.27. The fourth-order valence-corrected chi connectivity index (χ4v) is 5.86. The molecule has 0 saturated heterocycles. The van der Waals surface area contributed by atoms with Crippen LogP contribution < -0.4 is 9.47 Å². The van der Waals surface area contributed by atoms with Crippen LogP contribution in [0.3, 0.4) is 0 Å². The zero-order chi connectivity index (χ0) is 26.7. The minimum absolute atomic E-state index is 0.130. The Hall–Kier alpha value is -4.38. The molecule has 0 radical (unpaired) electrons. The Kier molecular flexibility index (Phi) is 6.78. The molecule has 4 nitrogen and oxygen atoms in total. The third-order valence-electron chi connectivity index (χ3n) is 7.76. The van der Waals surface area contributed by atoms with Crippen molar-refractivity contribution in [3.8, 4) is 11.5 Å². The van der Waals surface area contributed by atoms with Crippen molar-refractivity contribution in [2.45, 2.75) is 38.6 Å². The number of rotatable bonds is 6. The molecular weight excluding hydrogens is 492 g/mol. The number of ether oxygens (including phenoxy) is 2. The second kappa shape index (κ2) is 11.0. The van der Waals surface area contributed by atoms with Crippen LogP contribution in [0.5, 0.6) is 11.5 Å². The maximum Gasteiger partial charge on any atom is 0.179 e. The molecule has 0 aliphatic carbocycles. The molecule has 2 heterocycles. The molecule has 40 heavy (non-hydrogen) atoms. The lowest BCUT2D eigenvalue weighted by molar-refractivity contribution is -0.0101. The lowest BCUT2D eigenvalue weighted by atomic mass is 10.0. The molecule has 2 atom stereocenters. The molecule has 198 valence electrons. The van der Waals surface area contributed by atoms with Crippen molar-refractivity contribution in [1.29, 1.82) is 0 Å². The summed E-state index contributed by atoms with van der Waals surface area (Å²) in [5.74, 6) is 1.94. The average molecular weight is 525 g/mol. The topological polar surface area (TPSA) is 24.9 Å². The van der Waals surface area contributed by atoms with Crippen LogP contribution >= 0.6 is 0 Å². The van der Waals surface area contributed by atoms with Gasteiger partial charge < -0.3 is 9.47 Å². The highest BCUT2D eigenvalue weighted by atomic mass is 16.5. The summed E-state index contributed by atoms with van der Waals surface area (Å²) < 4.78 is 13.1. The number of fused-ring (bicyclic) bond motifs is 2. The highest BCUT2D eigenvalue weighted by Crippen LogP contribution is 2.38. The molecule has 0 aromatic heterocycles. The van der Waals surface area contributed by atoms with Crippen LogP contribution in [0.4, 0.5) is 0 Å². The number of hydrogen-bond donors (Lipinski definition) is 0. The summed E-state index contributed by atoms with van der Waals surface area (Å²) >= 11 is 0. The van der Waals surface area contributed by atoms with E-state index < -0.39 is 0 Å². The van der Waals surface area contributed by atoms with Crippen molar-refractivity contribution < 1.29 is 9.47 Å². The summed E-state index contributed by atoms with van der Waals surface area (Å²) in [7, 11) is 0. The van der Waals surface area contributed by atoms with Gasteiger partial charge in [0.2, 0.25) is 0 Å². The number of para-hydroxylation sites is 2. The van der Waals surface area contributed by atoms with Crippen molar-refractivity contribution in [1.82, 2.24) is 9.80 Å². The van der Waals surface area contributed by atoms with Crippen molar-refractivity contribution in [3.63, 3.8) is 0 Å². The zero-order valence-electron chi connectivity index (χ0n) is 22.4. The van der Waals surface area contributed by atoms with E-state index in [1.165, 1.54) is 33.4 Å². The number of nitrogens with zero attached hydrogens (tertiary/aromatic N) is 2. The maximum absolute atomic E-state index is 6.55. The molecule has 2 unspecified atom stereocenters. The lowest BCUT2D eigenvalue weighted by Crippen LogP contribution is -2.36. The standard InChI is InChI=1S/C36H32N2O2/c1-3-14-29(15-4-1)35-37(25-31-18-7-9-20-33(31)39-35)23-27-12-11-13-28(22-27)24-38-26-32-19-8-10-21-34(32)40-36(38)30-16-5-2-6-17-30/h1-22,35-36H,23-26H2. The van der Waals surface area contributed by atoms with Crippen molar-refractivity contribution in [2.75, 3.05) is 0 Å². The quantitative estimate of drug-likeness (QED) is 0.226. The Morgan fingerprint density at radius 3 is 1.38 bits per heavy atom. The molecule has 5 aromatic carbocycles. The van der Waals surface area contributed by atoms with Gasteiger partial charge in [-0.2, -0.15) is 0 Å². The highest BCUT2D eigenvalue weighted by Gasteiger charge is 2.30. The van der Waals surface area contributed by atoms with E-state index >= 15 is 0 Å². The SMILES string of the molecule is c1ccc(C2Oc3ccccc3CN2Cc2cccc(CN3Cc4ccccc4OC3c3ccccc3)c2)cc1. The Morgan fingerprint density at radius 1 is 0.475 bits per heavy atom. The van der Waals surface area contributed by atoms with Gasteiger partial charge in [0, 0.05) is 48.4 Å². The van der Waals surface area contributed by atoms with Crippen LogP contribution in [0.2, 0.25) is 0 Å². The normalized spacial score (nSPS) is 18.7. The van der Waals surface area contributed by atoms with E-state index in [4.69, 9.17) is 9.47 Å². The van der Waals surface area contributed by atoms with Crippen LogP contribution in [-0.2, 0) is 26.2 Å².